The number of carbonyl (C=O) groups is 1. The lowest BCUT2D eigenvalue weighted by Gasteiger charge is -2.10. The maximum Gasteiger partial charge on any atom is 0.261 e. The van der Waals surface area contributed by atoms with E-state index in [1.165, 1.54) is 35.4 Å². The van der Waals surface area contributed by atoms with E-state index in [4.69, 9.17) is 0 Å². The van der Waals surface area contributed by atoms with Crippen LogP contribution < -0.4 is 9.83 Å². The van der Waals surface area contributed by atoms with E-state index in [1.54, 1.807) is 6.07 Å². The van der Waals surface area contributed by atoms with Crippen LogP contribution in [0.15, 0.2) is 47.4 Å². The standard InChI is InChI=1S/C16H15NO4S/c18-16(19)12-5-8-15(9-6-12)22(20,21)17-14-7-4-11-2-1-3-13(11)10-14/h4-10,17H,1-3H2,(H,18,19)/p-1. The van der Waals surface area contributed by atoms with Gasteiger partial charge in [0.15, 0.2) is 0 Å². The number of aryl methyl sites for hydroxylation is 2. The summed E-state index contributed by atoms with van der Waals surface area (Å²) >= 11 is 0. The normalized spacial score (nSPS) is 13.6. The molecule has 0 fully saturated rings. The summed E-state index contributed by atoms with van der Waals surface area (Å²) in [4.78, 5) is 10.7. The summed E-state index contributed by atoms with van der Waals surface area (Å²) in [6.07, 6.45) is 3.09. The van der Waals surface area contributed by atoms with Crippen LogP contribution in [0.4, 0.5) is 5.69 Å². The molecule has 0 aliphatic heterocycles. The Kier molecular flexibility index (Phi) is 3.62. The zero-order chi connectivity index (χ0) is 15.7. The number of carboxylic acids is 1. The van der Waals surface area contributed by atoms with Gasteiger partial charge in [-0.15, -0.1) is 0 Å². The number of anilines is 1. The summed E-state index contributed by atoms with van der Waals surface area (Å²) in [5, 5.41) is 10.7. The van der Waals surface area contributed by atoms with E-state index in [9.17, 15) is 18.3 Å². The van der Waals surface area contributed by atoms with E-state index in [2.05, 4.69) is 4.72 Å². The van der Waals surface area contributed by atoms with Crippen LogP contribution in [0.25, 0.3) is 0 Å². The minimum absolute atomic E-state index is 0.0120. The molecule has 2 aromatic rings. The SMILES string of the molecule is O=C([O-])c1ccc(S(=O)(=O)Nc2ccc3c(c2)CCC3)cc1. The highest BCUT2D eigenvalue weighted by Gasteiger charge is 2.16. The molecule has 3 rings (SSSR count). The minimum Gasteiger partial charge on any atom is -0.545 e. The Hall–Kier alpha value is -2.34. The number of aromatic carboxylic acids is 1. The number of benzene rings is 2. The van der Waals surface area contributed by atoms with Crippen molar-refractivity contribution < 1.29 is 18.3 Å². The lowest BCUT2D eigenvalue weighted by molar-refractivity contribution is -0.255. The minimum atomic E-state index is -3.74. The smallest absolute Gasteiger partial charge is 0.261 e. The topological polar surface area (TPSA) is 86.3 Å². The van der Waals surface area contributed by atoms with Gasteiger partial charge in [-0.25, -0.2) is 8.42 Å². The quantitative estimate of drug-likeness (QED) is 0.922. The molecule has 0 spiro atoms. The first kappa shape index (κ1) is 14.6. The molecule has 0 radical (unpaired) electrons. The van der Waals surface area contributed by atoms with Crippen molar-refractivity contribution in [2.24, 2.45) is 0 Å². The summed E-state index contributed by atoms with van der Waals surface area (Å²) < 4.78 is 27.1. The molecule has 0 atom stereocenters. The maximum absolute atomic E-state index is 12.3. The Bertz CT molecular complexity index is 826. The van der Waals surface area contributed by atoms with Crippen molar-refractivity contribution in [3.05, 3.63) is 59.2 Å². The second kappa shape index (κ2) is 5.46. The van der Waals surface area contributed by atoms with Crippen molar-refractivity contribution in [3.8, 4) is 0 Å². The van der Waals surface area contributed by atoms with Crippen LogP contribution in [0.3, 0.4) is 0 Å². The van der Waals surface area contributed by atoms with Crippen molar-refractivity contribution in [1.29, 1.82) is 0 Å². The van der Waals surface area contributed by atoms with E-state index >= 15 is 0 Å². The van der Waals surface area contributed by atoms with E-state index in [-0.39, 0.29) is 10.5 Å². The van der Waals surface area contributed by atoms with Gasteiger partial charge in [-0.2, -0.15) is 0 Å². The van der Waals surface area contributed by atoms with Gasteiger partial charge in [0.25, 0.3) is 10.0 Å². The molecule has 6 heteroatoms. The lowest BCUT2D eigenvalue weighted by atomic mass is 10.1. The second-order valence-electron chi connectivity index (χ2n) is 5.25. The molecule has 0 aromatic heterocycles. The molecule has 5 nitrogen and oxygen atoms in total. The monoisotopic (exact) mass is 316 g/mol. The highest BCUT2D eigenvalue weighted by Crippen LogP contribution is 2.26. The van der Waals surface area contributed by atoms with Crippen molar-refractivity contribution in [3.63, 3.8) is 0 Å². The molecule has 0 saturated heterocycles. The molecule has 0 heterocycles. The number of nitrogens with one attached hydrogen (secondary N) is 1. The van der Waals surface area contributed by atoms with Crippen LogP contribution in [0, 0.1) is 0 Å². The number of fused-ring (bicyclic) bond motifs is 1. The fraction of sp³-hybridized carbons (Fsp3) is 0.188. The molecule has 0 saturated carbocycles. The second-order valence-corrected chi connectivity index (χ2v) is 6.94. The Labute approximate surface area is 128 Å². The summed E-state index contributed by atoms with van der Waals surface area (Å²) in [5.74, 6) is -1.34. The first-order chi connectivity index (χ1) is 10.5. The fourth-order valence-corrected chi connectivity index (χ4v) is 3.67. The molecular weight excluding hydrogens is 302 g/mol. The van der Waals surface area contributed by atoms with Gasteiger partial charge in [-0.3, -0.25) is 4.72 Å². The maximum atomic E-state index is 12.3. The number of carboxylic acid groups (broad SMARTS) is 1. The summed E-state index contributed by atoms with van der Waals surface area (Å²) in [6.45, 7) is 0. The average molecular weight is 316 g/mol. The van der Waals surface area contributed by atoms with Crippen molar-refractivity contribution in [2.75, 3.05) is 4.72 Å². The van der Waals surface area contributed by atoms with Crippen LogP contribution in [0.2, 0.25) is 0 Å². The molecule has 0 bridgehead atoms. The zero-order valence-electron chi connectivity index (χ0n) is 11.7. The zero-order valence-corrected chi connectivity index (χ0v) is 12.5. The fourth-order valence-electron chi connectivity index (χ4n) is 2.62. The van der Waals surface area contributed by atoms with Crippen LogP contribution >= 0.6 is 0 Å². The average Bonchev–Trinajstić information content (AvgIpc) is 2.94. The first-order valence-electron chi connectivity index (χ1n) is 6.92. The van der Waals surface area contributed by atoms with Gasteiger partial charge < -0.3 is 9.90 Å². The Morgan fingerprint density at radius 1 is 1.00 bits per heavy atom. The number of carbonyl (C=O) groups excluding carboxylic acids is 1. The third-order valence-corrected chi connectivity index (χ3v) is 5.15. The predicted octanol–water partition coefficient (Wildman–Crippen LogP) is 1.34. The molecular formula is C16H14NO4S-. The molecule has 22 heavy (non-hydrogen) atoms. The van der Waals surface area contributed by atoms with Crippen LogP contribution in [0.5, 0.6) is 0 Å². The van der Waals surface area contributed by atoms with Gasteiger partial charge in [0.1, 0.15) is 0 Å². The summed E-state index contributed by atoms with van der Waals surface area (Å²) in [5.41, 5.74) is 2.90. The van der Waals surface area contributed by atoms with Gasteiger partial charge in [0.2, 0.25) is 0 Å². The summed E-state index contributed by atoms with van der Waals surface area (Å²) in [6, 6.07) is 10.5. The highest BCUT2D eigenvalue weighted by atomic mass is 32.2. The highest BCUT2D eigenvalue weighted by molar-refractivity contribution is 7.92. The molecule has 0 unspecified atom stereocenters. The Morgan fingerprint density at radius 2 is 1.68 bits per heavy atom. The van der Waals surface area contributed by atoms with Gasteiger partial charge in [-0.05, 0) is 60.2 Å². The molecule has 1 aliphatic carbocycles. The van der Waals surface area contributed by atoms with Crippen LogP contribution in [-0.4, -0.2) is 14.4 Å². The molecule has 1 N–H and O–H groups in total. The van der Waals surface area contributed by atoms with E-state index in [0.717, 1.165) is 19.3 Å². The van der Waals surface area contributed by atoms with Crippen LogP contribution in [-0.2, 0) is 22.9 Å². The Balaban J connectivity index is 1.85. The van der Waals surface area contributed by atoms with Gasteiger partial charge >= 0.3 is 0 Å². The van der Waals surface area contributed by atoms with E-state index in [0.29, 0.717) is 5.69 Å². The Morgan fingerprint density at radius 3 is 2.36 bits per heavy atom. The number of hydrogen-bond acceptors (Lipinski definition) is 4. The van der Waals surface area contributed by atoms with Crippen molar-refractivity contribution >= 4 is 21.7 Å². The number of hydrogen-bond donors (Lipinski definition) is 1. The van der Waals surface area contributed by atoms with Crippen LogP contribution in [0.1, 0.15) is 27.9 Å². The van der Waals surface area contributed by atoms with Gasteiger partial charge in [0, 0.05) is 5.69 Å². The van der Waals surface area contributed by atoms with Crippen molar-refractivity contribution in [2.45, 2.75) is 24.2 Å². The molecule has 2 aromatic carbocycles. The molecule has 114 valence electrons. The third kappa shape index (κ3) is 2.82. The van der Waals surface area contributed by atoms with E-state index < -0.39 is 16.0 Å². The van der Waals surface area contributed by atoms with Gasteiger partial charge in [-0.1, -0.05) is 18.2 Å². The lowest BCUT2D eigenvalue weighted by Crippen LogP contribution is -2.22. The number of sulfonamides is 1. The first-order valence-corrected chi connectivity index (χ1v) is 8.40. The summed E-state index contributed by atoms with van der Waals surface area (Å²) in [7, 11) is -3.74. The predicted molar refractivity (Wildman–Crippen MR) is 80.0 cm³/mol. The third-order valence-electron chi connectivity index (χ3n) is 3.75. The molecule has 1 aliphatic rings. The van der Waals surface area contributed by atoms with E-state index in [1.807, 2.05) is 12.1 Å². The van der Waals surface area contributed by atoms with Crippen molar-refractivity contribution in [1.82, 2.24) is 0 Å². The molecule has 0 amide bonds. The number of rotatable bonds is 4. The van der Waals surface area contributed by atoms with Gasteiger partial charge in [0.05, 0.1) is 10.9 Å². The largest absolute Gasteiger partial charge is 0.545 e.